The molecule has 0 bridgehead atoms. The molecule has 3 aromatic rings. The van der Waals surface area contributed by atoms with Crippen molar-refractivity contribution in [1.82, 2.24) is 0 Å². The molecular weight excluding hydrogens is 386 g/mol. The summed E-state index contributed by atoms with van der Waals surface area (Å²) in [6.07, 6.45) is 0. The first-order chi connectivity index (χ1) is 15.1. The average molecular weight is 401 g/mol. The molecule has 0 aliphatic carbocycles. The zero-order valence-electron chi connectivity index (χ0n) is 16.2. The smallest absolute Gasteiger partial charge is 0.164 e. The van der Waals surface area contributed by atoms with Crippen LogP contribution in [-0.2, 0) is 0 Å². The number of nitrogens with zero attached hydrogens (tertiary/aromatic N) is 5. The standard InChI is InChI=1S/C24H15N7/c25-13-15-5-9-17(10-6-15)21(27)29-23-19-3-1-2-4-20(19)24(31-23)30-22(28)18-11-7-16(14-26)8-12-18/h1-12H,(H3,27,28,29,30,31). The van der Waals surface area contributed by atoms with Crippen LogP contribution >= 0.6 is 0 Å². The van der Waals surface area contributed by atoms with Crippen LogP contribution in [0.5, 0.6) is 0 Å². The highest BCUT2D eigenvalue weighted by atomic mass is 15.1. The minimum atomic E-state index is 0.0309. The zero-order chi connectivity index (χ0) is 21.8. The molecule has 7 heteroatoms. The molecule has 0 unspecified atom stereocenters. The Hall–Kier alpha value is -4.88. The maximum atomic E-state index is 8.94. The van der Waals surface area contributed by atoms with Crippen LogP contribution in [-0.4, -0.2) is 23.3 Å². The molecule has 0 fully saturated rings. The van der Waals surface area contributed by atoms with E-state index in [0.717, 1.165) is 11.1 Å². The first-order valence-electron chi connectivity index (χ1n) is 9.30. The molecule has 0 spiro atoms. The third kappa shape index (κ3) is 3.98. The second kappa shape index (κ2) is 8.24. The molecule has 0 radical (unpaired) electrons. The molecule has 3 N–H and O–H groups in total. The summed E-state index contributed by atoms with van der Waals surface area (Å²) in [5.41, 5.74) is 10.00. The van der Waals surface area contributed by atoms with Gasteiger partial charge in [0.25, 0.3) is 0 Å². The van der Waals surface area contributed by atoms with Crippen molar-refractivity contribution in [2.24, 2.45) is 20.7 Å². The molecule has 1 aliphatic heterocycles. The number of hydrogen-bond donors (Lipinski definition) is 2. The van der Waals surface area contributed by atoms with Gasteiger partial charge in [-0.2, -0.15) is 10.5 Å². The fraction of sp³-hybridized carbons (Fsp3) is 0. The van der Waals surface area contributed by atoms with Crippen molar-refractivity contribution in [1.29, 1.82) is 15.9 Å². The lowest BCUT2D eigenvalue weighted by Crippen LogP contribution is -2.15. The number of nitrogens with one attached hydrogen (secondary N) is 1. The highest BCUT2D eigenvalue weighted by Gasteiger charge is 2.22. The number of fused-ring (bicyclic) bond motifs is 1. The van der Waals surface area contributed by atoms with Crippen LogP contribution < -0.4 is 5.73 Å². The van der Waals surface area contributed by atoms with Gasteiger partial charge in [-0.25, -0.2) is 15.0 Å². The van der Waals surface area contributed by atoms with Crippen LogP contribution in [0.1, 0.15) is 33.4 Å². The van der Waals surface area contributed by atoms with Crippen LogP contribution in [0.3, 0.4) is 0 Å². The van der Waals surface area contributed by atoms with Gasteiger partial charge in [0.05, 0.1) is 23.3 Å². The maximum Gasteiger partial charge on any atom is 0.164 e. The lowest BCUT2D eigenvalue weighted by Gasteiger charge is -2.02. The van der Waals surface area contributed by atoms with Crippen molar-refractivity contribution < 1.29 is 0 Å². The first kappa shape index (κ1) is 19.4. The van der Waals surface area contributed by atoms with E-state index in [2.05, 4.69) is 27.1 Å². The fourth-order valence-electron chi connectivity index (χ4n) is 3.03. The Morgan fingerprint density at radius 2 is 1.35 bits per heavy atom. The van der Waals surface area contributed by atoms with Crippen LogP contribution in [0.15, 0.2) is 87.8 Å². The Labute approximate surface area is 178 Å². The van der Waals surface area contributed by atoms with Crippen molar-refractivity contribution >= 4 is 23.3 Å². The highest BCUT2D eigenvalue weighted by molar-refractivity contribution is 6.27. The van der Waals surface area contributed by atoms with E-state index in [4.69, 9.17) is 21.7 Å². The number of amidine groups is 4. The summed E-state index contributed by atoms with van der Waals surface area (Å²) in [6.45, 7) is 0. The molecule has 1 heterocycles. The van der Waals surface area contributed by atoms with E-state index in [1.807, 2.05) is 24.3 Å². The fourth-order valence-corrected chi connectivity index (χ4v) is 3.03. The Bertz CT molecular complexity index is 1350. The van der Waals surface area contributed by atoms with Crippen molar-refractivity contribution in [3.05, 3.63) is 106 Å². The number of nitriles is 2. The van der Waals surface area contributed by atoms with Crippen LogP contribution in [0.25, 0.3) is 0 Å². The van der Waals surface area contributed by atoms with Crippen molar-refractivity contribution in [3.8, 4) is 12.1 Å². The van der Waals surface area contributed by atoms with E-state index in [-0.39, 0.29) is 11.7 Å². The van der Waals surface area contributed by atoms with Gasteiger partial charge in [0.15, 0.2) is 17.5 Å². The number of aliphatic imine (C=N–C) groups is 3. The van der Waals surface area contributed by atoms with Gasteiger partial charge in [0.2, 0.25) is 0 Å². The first-order valence-corrected chi connectivity index (χ1v) is 9.30. The largest absolute Gasteiger partial charge is 0.383 e. The highest BCUT2D eigenvalue weighted by Crippen LogP contribution is 2.21. The molecule has 7 nitrogen and oxygen atoms in total. The Morgan fingerprint density at radius 1 is 0.806 bits per heavy atom. The number of hydrogen-bond acceptors (Lipinski definition) is 4. The molecule has 0 aromatic heterocycles. The van der Waals surface area contributed by atoms with Crippen LogP contribution in [0.4, 0.5) is 0 Å². The monoisotopic (exact) mass is 401 g/mol. The molecule has 0 saturated heterocycles. The summed E-state index contributed by atoms with van der Waals surface area (Å²) in [4.78, 5) is 13.4. The second-order valence-electron chi connectivity index (χ2n) is 6.64. The van der Waals surface area contributed by atoms with Gasteiger partial charge in [0.1, 0.15) is 5.84 Å². The number of rotatable bonds is 2. The minimum absolute atomic E-state index is 0.0309. The zero-order valence-corrected chi connectivity index (χ0v) is 16.2. The maximum absolute atomic E-state index is 8.94. The summed E-state index contributed by atoms with van der Waals surface area (Å²) in [7, 11) is 0. The van der Waals surface area contributed by atoms with Crippen molar-refractivity contribution in [2.75, 3.05) is 0 Å². The van der Waals surface area contributed by atoms with Gasteiger partial charge in [-0.15, -0.1) is 0 Å². The van der Waals surface area contributed by atoms with Crippen LogP contribution in [0.2, 0.25) is 0 Å². The lowest BCUT2D eigenvalue weighted by molar-refractivity contribution is 1.39. The molecule has 0 atom stereocenters. The predicted octanol–water partition coefficient (Wildman–Crippen LogP) is 3.37. The van der Waals surface area contributed by atoms with Gasteiger partial charge < -0.3 is 5.73 Å². The van der Waals surface area contributed by atoms with E-state index in [1.54, 1.807) is 48.5 Å². The number of nitrogens with two attached hydrogens (primary N) is 1. The molecular formula is C24H15N7. The summed E-state index contributed by atoms with van der Waals surface area (Å²) < 4.78 is 0. The normalized spacial score (nSPS) is 13.8. The van der Waals surface area contributed by atoms with E-state index in [0.29, 0.717) is 33.9 Å². The topological polar surface area (TPSA) is 135 Å². The Kier molecular flexibility index (Phi) is 5.16. The molecule has 0 amide bonds. The molecule has 0 saturated carbocycles. The molecule has 31 heavy (non-hydrogen) atoms. The Morgan fingerprint density at radius 3 is 1.94 bits per heavy atom. The molecule has 4 rings (SSSR count). The summed E-state index contributed by atoms with van der Waals surface area (Å²) in [6, 6.07) is 25.0. The summed E-state index contributed by atoms with van der Waals surface area (Å²) in [5, 5.41) is 26.2. The van der Waals surface area contributed by atoms with Crippen molar-refractivity contribution in [2.45, 2.75) is 0 Å². The lowest BCUT2D eigenvalue weighted by atomic mass is 10.1. The Balaban J connectivity index is 1.69. The van der Waals surface area contributed by atoms with Crippen molar-refractivity contribution in [3.63, 3.8) is 0 Å². The van der Waals surface area contributed by atoms with Gasteiger partial charge in [-0.05, 0) is 48.5 Å². The number of benzene rings is 3. The average Bonchev–Trinajstić information content (AvgIpc) is 3.16. The summed E-state index contributed by atoms with van der Waals surface area (Å²) >= 11 is 0. The quantitative estimate of drug-likeness (QED) is 0.503. The molecule has 1 aliphatic rings. The van der Waals surface area contributed by atoms with Gasteiger partial charge >= 0.3 is 0 Å². The van der Waals surface area contributed by atoms with Gasteiger partial charge in [0, 0.05) is 22.3 Å². The van der Waals surface area contributed by atoms with E-state index in [9.17, 15) is 0 Å². The van der Waals surface area contributed by atoms with Crippen LogP contribution in [0, 0.1) is 28.1 Å². The third-order valence-corrected chi connectivity index (χ3v) is 4.66. The minimum Gasteiger partial charge on any atom is -0.383 e. The summed E-state index contributed by atoms with van der Waals surface area (Å²) in [5.74, 6) is 1.07. The van der Waals surface area contributed by atoms with E-state index < -0.39 is 0 Å². The van der Waals surface area contributed by atoms with E-state index in [1.165, 1.54) is 0 Å². The third-order valence-electron chi connectivity index (χ3n) is 4.66. The molecule has 146 valence electrons. The van der Waals surface area contributed by atoms with Gasteiger partial charge in [-0.3, -0.25) is 5.41 Å². The SMILES string of the molecule is N#Cc1ccc(C(=N)N=C2N=C(N=C(N)c3ccc(C#N)cc3)c3ccccc32)cc1. The van der Waals surface area contributed by atoms with E-state index >= 15 is 0 Å². The van der Waals surface area contributed by atoms with Gasteiger partial charge in [-0.1, -0.05) is 24.3 Å². The predicted molar refractivity (Wildman–Crippen MR) is 119 cm³/mol. The molecule has 3 aromatic carbocycles. The second-order valence-corrected chi connectivity index (χ2v) is 6.64.